The van der Waals surface area contributed by atoms with E-state index in [1.807, 2.05) is 6.92 Å². The van der Waals surface area contributed by atoms with E-state index >= 15 is 0 Å². The first kappa shape index (κ1) is 20.4. The Balaban J connectivity index is 2.52. The van der Waals surface area contributed by atoms with E-state index in [1.54, 1.807) is 37.8 Å². The summed E-state index contributed by atoms with van der Waals surface area (Å²) in [7, 11) is 0. The van der Waals surface area contributed by atoms with E-state index in [0.29, 0.717) is 12.1 Å². The Morgan fingerprint density at radius 1 is 1.33 bits per heavy atom. The molecule has 1 aromatic rings. The number of hydrogen-bond donors (Lipinski definition) is 1. The number of hydrogen-bond acceptors (Lipinski definition) is 3. The quantitative estimate of drug-likeness (QED) is 0.785. The zero-order valence-electron chi connectivity index (χ0n) is 14.5. The van der Waals surface area contributed by atoms with Gasteiger partial charge in [-0.15, -0.1) is 0 Å². The van der Waals surface area contributed by atoms with Crippen LogP contribution in [0, 0.1) is 5.82 Å². The molecule has 1 aromatic carbocycles. The van der Waals surface area contributed by atoms with Crippen LogP contribution in [0.15, 0.2) is 22.7 Å². The Labute approximate surface area is 150 Å². The molecule has 0 heterocycles. The molecule has 134 valence electrons. The maximum atomic E-state index is 13.8. The summed E-state index contributed by atoms with van der Waals surface area (Å²) in [5.74, 6) is -0.510. The van der Waals surface area contributed by atoms with Gasteiger partial charge in [-0.05, 0) is 45.9 Å². The molecule has 24 heavy (non-hydrogen) atoms. The second kappa shape index (κ2) is 9.01. The van der Waals surface area contributed by atoms with E-state index in [1.165, 1.54) is 6.07 Å². The van der Waals surface area contributed by atoms with Crippen molar-refractivity contribution in [2.75, 3.05) is 13.1 Å². The number of ether oxygens (including phenoxy) is 1. The highest BCUT2D eigenvalue weighted by Crippen LogP contribution is 2.17. The van der Waals surface area contributed by atoms with Crippen LogP contribution in [0.3, 0.4) is 0 Å². The summed E-state index contributed by atoms with van der Waals surface area (Å²) in [5, 5.41) is 2.54. The first-order valence-corrected chi connectivity index (χ1v) is 8.60. The van der Waals surface area contributed by atoms with E-state index in [9.17, 15) is 14.0 Å². The van der Waals surface area contributed by atoms with Crippen molar-refractivity contribution in [2.45, 2.75) is 46.3 Å². The van der Waals surface area contributed by atoms with Crippen molar-refractivity contribution in [2.24, 2.45) is 0 Å². The molecular weight excluding hydrogens is 379 g/mol. The van der Waals surface area contributed by atoms with Gasteiger partial charge in [0.1, 0.15) is 11.4 Å². The Morgan fingerprint density at radius 3 is 2.58 bits per heavy atom. The zero-order valence-corrected chi connectivity index (χ0v) is 16.1. The number of halogens is 2. The van der Waals surface area contributed by atoms with Crippen LogP contribution in [-0.4, -0.2) is 35.6 Å². The van der Waals surface area contributed by atoms with Crippen LogP contribution in [-0.2, 0) is 16.1 Å². The Hall–Kier alpha value is -1.63. The van der Waals surface area contributed by atoms with Crippen LogP contribution in [0.1, 0.15) is 39.7 Å². The van der Waals surface area contributed by atoms with Crippen molar-refractivity contribution in [3.63, 3.8) is 0 Å². The number of benzene rings is 1. The van der Waals surface area contributed by atoms with Gasteiger partial charge in [0.05, 0.1) is 0 Å². The maximum Gasteiger partial charge on any atom is 0.407 e. The first-order valence-electron chi connectivity index (χ1n) is 7.81. The van der Waals surface area contributed by atoms with Gasteiger partial charge in [-0.2, -0.15) is 0 Å². The van der Waals surface area contributed by atoms with Crippen molar-refractivity contribution in [3.8, 4) is 0 Å². The van der Waals surface area contributed by atoms with Crippen LogP contribution in [0.5, 0.6) is 0 Å². The monoisotopic (exact) mass is 402 g/mol. The summed E-state index contributed by atoms with van der Waals surface area (Å²) in [6, 6.07) is 4.63. The molecule has 0 bridgehead atoms. The first-order chi connectivity index (χ1) is 11.1. The molecule has 1 rings (SSSR count). The highest BCUT2D eigenvalue weighted by molar-refractivity contribution is 9.10. The standard InChI is InChI=1S/C17H24BrFN2O3/c1-5-21(11-12-10-13(18)6-7-14(12)19)15(22)8-9-20-16(23)24-17(2,3)4/h6-7,10H,5,8-9,11H2,1-4H3,(H,20,23). The highest BCUT2D eigenvalue weighted by Gasteiger charge is 2.17. The number of nitrogens with zero attached hydrogens (tertiary/aromatic N) is 1. The number of alkyl carbamates (subject to hydrolysis) is 1. The van der Waals surface area contributed by atoms with Crippen molar-refractivity contribution in [1.82, 2.24) is 10.2 Å². The SMILES string of the molecule is CCN(Cc1cc(Br)ccc1F)C(=O)CCNC(=O)OC(C)(C)C. The summed E-state index contributed by atoms with van der Waals surface area (Å²) >= 11 is 3.30. The Morgan fingerprint density at radius 2 is 2.00 bits per heavy atom. The smallest absolute Gasteiger partial charge is 0.407 e. The van der Waals surface area contributed by atoms with E-state index in [4.69, 9.17) is 4.74 Å². The van der Waals surface area contributed by atoms with E-state index in [0.717, 1.165) is 4.47 Å². The molecule has 2 amide bonds. The average molecular weight is 403 g/mol. The second-order valence-electron chi connectivity index (χ2n) is 6.32. The van der Waals surface area contributed by atoms with Crippen LogP contribution < -0.4 is 5.32 Å². The van der Waals surface area contributed by atoms with Gasteiger partial charge in [0.2, 0.25) is 5.91 Å². The minimum absolute atomic E-state index is 0.128. The number of carbonyl (C=O) groups excluding carboxylic acids is 2. The zero-order chi connectivity index (χ0) is 18.3. The molecule has 0 aliphatic carbocycles. The van der Waals surface area contributed by atoms with Crippen molar-refractivity contribution >= 4 is 27.9 Å². The molecule has 1 N–H and O–H groups in total. The predicted octanol–water partition coefficient (Wildman–Crippen LogP) is 3.85. The molecule has 0 unspecified atom stereocenters. The molecule has 0 fully saturated rings. The summed E-state index contributed by atoms with van der Waals surface area (Å²) in [5.41, 5.74) is -0.137. The number of nitrogens with one attached hydrogen (secondary N) is 1. The lowest BCUT2D eigenvalue weighted by atomic mass is 10.2. The minimum atomic E-state index is -0.582. The van der Waals surface area contributed by atoms with Gasteiger partial charge in [-0.3, -0.25) is 4.79 Å². The van der Waals surface area contributed by atoms with Crippen molar-refractivity contribution in [1.29, 1.82) is 0 Å². The summed E-state index contributed by atoms with van der Waals surface area (Å²) in [4.78, 5) is 25.3. The fourth-order valence-corrected chi connectivity index (χ4v) is 2.40. The Kier molecular flexibility index (Phi) is 7.66. The number of amides is 2. The van der Waals surface area contributed by atoms with Crippen LogP contribution in [0.25, 0.3) is 0 Å². The fraction of sp³-hybridized carbons (Fsp3) is 0.529. The van der Waals surface area contributed by atoms with E-state index in [-0.39, 0.29) is 31.2 Å². The van der Waals surface area contributed by atoms with Crippen molar-refractivity contribution < 1.29 is 18.7 Å². The molecular formula is C17H24BrFN2O3. The lowest BCUT2D eigenvalue weighted by Gasteiger charge is -2.22. The third-order valence-corrected chi connectivity index (χ3v) is 3.60. The van der Waals surface area contributed by atoms with Crippen LogP contribution >= 0.6 is 15.9 Å². The second-order valence-corrected chi connectivity index (χ2v) is 7.24. The van der Waals surface area contributed by atoms with Gasteiger partial charge in [0.15, 0.2) is 0 Å². The van der Waals surface area contributed by atoms with Crippen molar-refractivity contribution in [3.05, 3.63) is 34.1 Å². The molecule has 0 aromatic heterocycles. The number of carbonyl (C=O) groups is 2. The summed E-state index contributed by atoms with van der Waals surface area (Å²) in [6.45, 7) is 7.94. The molecule has 5 nitrogen and oxygen atoms in total. The summed E-state index contributed by atoms with van der Waals surface area (Å²) < 4.78 is 19.7. The predicted molar refractivity (Wildman–Crippen MR) is 94.0 cm³/mol. The molecule has 0 saturated carbocycles. The van der Waals surface area contributed by atoms with Crippen LogP contribution in [0.2, 0.25) is 0 Å². The van der Waals surface area contributed by atoms with Gasteiger partial charge in [-0.1, -0.05) is 15.9 Å². The Bertz CT molecular complexity index is 588. The van der Waals surface area contributed by atoms with Gasteiger partial charge in [0, 0.05) is 36.1 Å². The average Bonchev–Trinajstić information content (AvgIpc) is 2.46. The van der Waals surface area contributed by atoms with Gasteiger partial charge in [-0.25, -0.2) is 9.18 Å². The fourth-order valence-electron chi connectivity index (χ4n) is 1.99. The van der Waals surface area contributed by atoms with Gasteiger partial charge in [0.25, 0.3) is 0 Å². The van der Waals surface area contributed by atoms with Crippen LogP contribution in [0.4, 0.5) is 9.18 Å². The minimum Gasteiger partial charge on any atom is -0.444 e. The molecule has 0 aliphatic heterocycles. The van der Waals surface area contributed by atoms with E-state index < -0.39 is 11.7 Å². The largest absolute Gasteiger partial charge is 0.444 e. The molecule has 7 heteroatoms. The lowest BCUT2D eigenvalue weighted by molar-refractivity contribution is -0.131. The van der Waals surface area contributed by atoms with Gasteiger partial charge >= 0.3 is 6.09 Å². The molecule has 0 spiro atoms. The molecule has 0 radical (unpaired) electrons. The normalized spacial score (nSPS) is 11.1. The molecule has 0 atom stereocenters. The third kappa shape index (κ3) is 7.29. The highest BCUT2D eigenvalue weighted by atomic mass is 79.9. The number of rotatable bonds is 6. The maximum absolute atomic E-state index is 13.8. The molecule has 0 aliphatic rings. The topological polar surface area (TPSA) is 58.6 Å². The lowest BCUT2D eigenvalue weighted by Crippen LogP contribution is -2.36. The third-order valence-electron chi connectivity index (χ3n) is 3.11. The summed E-state index contributed by atoms with van der Waals surface area (Å²) in [6.07, 6.45) is -0.431. The van der Waals surface area contributed by atoms with E-state index in [2.05, 4.69) is 21.2 Å². The van der Waals surface area contributed by atoms with Gasteiger partial charge < -0.3 is 15.0 Å². The molecule has 0 saturated heterocycles.